The fourth-order valence-electron chi connectivity index (χ4n) is 3.76. The third-order valence-corrected chi connectivity index (χ3v) is 7.38. The second-order valence-electron chi connectivity index (χ2n) is 8.78. The number of aryl methyl sites for hydroxylation is 2. The predicted molar refractivity (Wildman–Crippen MR) is 127 cm³/mol. The molecule has 1 unspecified atom stereocenters. The Labute approximate surface area is 194 Å². The zero-order valence-electron chi connectivity index (χ0n) is 19.4. The molecule has 1 aliphatic heterocycles. The molecule has 0 spiro atoms. The lowest BCUT2D eigenvalue weighted by Gasteiger charge is -2.27. The molecule has 2 bridgehead atoms. The summed E-state index contributed by atoms with van der Waals surface area (Å²) in [6, 6.07) is 7.03. The van der Waals surface area contributed by atoms with Crippen LogP contribution in [0.4, 0.5) is 5.95 Å². The van der Waals surface area contributed by atoms with E-state index in [-0.39, 0.29) is 24.4 Å². The molecule has 0 radical (unpaired) electrons. The summed E-state index contributed by atoms with van der Waals surface area (Å²) in [6.45, 7) is 9.21. The number of carbonyl (C=O) groups excluding carboxylic acids is 1. The molecule has 2 aromatic rings. The summed E-state index contributed by atoms with van der Waals surface area (Å²) in [5.41, 5.74) is 3.28. The number of benzene rings is 1. The van der Waals surface area contributed by atoms with Gasteiger partial charge in [-0.25, -0.2) is 18.1 Å². The van der Waals surface area contributed by atoms with Crippen LogP contribution in [-0.4, -0.2) is 47.9 Å². The van der Waals surface area contributed by atoms with Gasteiger partial charge in [-0.05, 0) is 44.2 Å². The number of nitrogens with zero attached hydrogens (tertiary/aromatic N) is 3. The summed E-state index contributed by atoms with van der Waals surface area (Å²) in [6.07, 6.45) is 1.46. The normalized spacial score (nSPS) is 22.8. The summed E-state index contributed by atoms with van der Waals surface area (Å²) < 4.78 is 32.8. The van der Waals surface area contributed by atoms with Gasteiger partial charge in [-0.15, -0.1) is 0 Å². The van der Waals surface area contributed by atoms with E-state index in [0.29, 0.717) is 12.1 Å². The smallest absolute Gasteiger partial charge is 0.255 e. The van der Waals surface area contributed by atoms with Gasteiger partial charge in [-0.3, -0.25) is 4.79 Å². The second kappa shape index (κ2) is 9.34. The van der Waals surface area contributed by atoms with Crippen LogP contribution in [0.2, 0.25) is 0 Å². The molecule has 3 rings (SSSR count). The molecule has 0 fully saturated rings. The van der Waals surface area contributed by atoms with E-state index in [0.717, 1.165) is 22.9 Å². The monoisotopic (exact) mass is 474 g/mol. The van der Waals surface area contributed by atoms with E-state index in [4.69, 9.17) is 10.6 Å². The molecule has 0 aliphatic carbocycles. The van der Waals surface area contributed by atoms with Crippen LogP contribution in [0.15, 0.2) is 29.4 Å². The van der Waals surface area contributed by atoms with Crippen molar-refractivity contribution in [3.8, 4) is 17.1 Å². The van der Waals surface area contributed by atoms with Gasteiger partial charge in [-0.1, -0.05) is 32.0 Å². The zero-order valence-corrected chi connectivity index (χ0v) is 20.2. The van der Waals surface area contributed by atoms with Crippen LogP contribution in [0.5, 0.6) is 5.88 Å². The Hall–Kier alpha value is -3.21. The number of anilines is 1. The topological polar surface area (TPSA) is 149 Å². The average Bonchev–Trinajstić information content (AvgIpc) is 2.71. The lowest BCUT2D eigenvalue weighted by molar-refractivity contribution is -0.122. The highest BCUT2D eigenvalue weighted by Crippen LogP contribution is 2.30. The van der Waals surface area contributed by atoms with Crippen LogP contribution in [0.25, 0.3) is 11.3 Å². The number of ether oxygens (including phenoxy) is 1. The summed E-state index contributed by atoms with van der Waals surface area (Å²) >= 11 is 0. The molecular weight excluding hydrogens is 444 g/mol. The molecule has 1 aromatic heterocycles. The molecule has 33 heavy (non-hydrogen) atoms. The van der Waals surface area contributed by atoms with E-state index >= 15 is 0 Å². The van der Waals surface area contributed by atoms with Crippen molar-refractivity contribution in [2.75, 3.05) is 11.3 Å². The molecule has 1 aliphatic rings. The first-order valence-electron chi connectivity index (χ1n) is 10.6. The van der Waals surface area contributed by atoms with Crippen molar-refractivity contribution in [2.45, 2.75) is 51.8 Å². The van der Waals surface area contributed by atoms with Crippen molar-refractivity contribution in [1.82, 2.24) is 15.3 Å². The Morgan fingerprint density at radius 3 is 2.58 bits per heavy atom. The van der Waals surface area contributed by atoms with Gasteiger partial charge < -0.3 is 15.9 Å². The van der Waals surface area contributed by atoms with Gasteiger partial charge in [0, 0.05) is 11.6 Å². The predicted octanol–water partition coefficient (Wildman–Crippen LogP) is 2.13. The van der Waals surface area contributed by atoms with Gasteiger partial charge in [-0.2, -0.15) is 10.1 Å². The Kier molecular flexibility index (Phi) is 6.92. The highest BCUT2D eigenvalue weighted by atomic mass is 32.2. The minimum Gasteiger partial charge on any atom is -0.475 e. The number of carbonyl (C=O) groups is 1. The first kappa shape index (κ1) is 24.4. The Balaban J connectivity index is 2.19. The van der Waals surface area contributed by atoms with Crippen molar-refractivity contribution in [3.63, 3.8) is 0 Å². The number of hydrogen-bond donors (Lipinski definition) is 3. The van der Waals surface area contributed by atoms with E-state index < -0.39 is 26.7 Å². The fraction of sp³-hybridized carbons (Fsp3) is 0.455. The number of amides is 1. The van der Waals surface area contributed by atoms with Crippen molar-refractivity contribution in [2.24, 2.45) is 16.9 Å². The van der Waals surface area contributed by atoms with Crippen molar-refractivity contribution in [1.29, 1.82) is 0 Å². The van der Waals surface area contributed by atoms with E-state index in [2.05, 4.69) is 25.1 Å². The van der Waals surface area contributed by atoms with Gasteiger partial charge in [0.15, 0.2) is 0 Å². The zero-order chi connectivity index (χ0) is 24.4. The highest BCUT2D eigenvalue weighted by Gasteiger charge is 2.47. The maximum Gasteiger partial charge on any atom is 0.255 e. The lowest BCUT2D eigenvalue weighted by Crippen LogP contribution is -2.57. The van der Waals surface area contributed by atoms with Crippen LogP contribution in [0, 0.1) is 19.8 Å². The quantitative estimate of drug-likeness (QED) is 0.349. The van der Waals surface area contributed by atoms with Gasteiger partial charge >= 0.3 is 0 Å². The van der Waals surface area contributed by atoms with Crippen molar-refractivity contribution < 1.29 is 17.9 Å². The molecule has 0 saturated heterocycles. The molecular formula is C22H30N6O4S. The minimum atomic E-state index is -4.39. The number of fused-ring (bicyclic) bond motifs is 2. The molecule has 4 N–H and O–H groups in total. The summed E-state index contributed by atoms with van der Waals surface area (Å²) in [5, 5.41) is 6.13. The maximum atomic E-state index is 13.3. The Morgan fingerprint density at radius 1 is 1.30 bits per heavy atom. The van der Waals surface area contributed by atoms with Crippen molar-refractivity contribution >= 4 is 28.1 Å². The van der Waals surface area contributed by atoms with Crippen LogP contribution < -0.4 is 20.6 Å². The van der Waals surface area contributed by atoms with Gasteiger partial charge in [0.05, 0.1) is 18.0 Å². The number of hydrazone groups is 1. The van der Waals surface area contributed by atoms with Crippen LogP contribution in [0.3, 0.4) is 0 Å². The molecule has 178 valence electrons. The van der Waals surface area contributed by atoms with E-state index in [9.17, 15) is 13.2 Å². The maximum absolute atomic E-state index is 13.3. The van der Waals surface area contributed by atoms with Crippen molar-refractivity contribution in [3.05, 3.63) is 35.4 Å². The Bertz CT molecular complexity index is 1160. The number of sulfonamides is 1. The van der Waals surface area contributed by atoms with Crippen LogP contribution in [-0.2, 0) is 14.8 Å². The van der Waals surface area contributed by atoms with E-state index in [1.54, 1.807) is 6.07 Å². The summed E-state index contributed by atoms with van der Waals surface area (Å²) in [5.74, 6) is 4.70. The molecule has 11 heteroatoms. The van der Waals surface area contributed by atoms with Crippen LogP contribution >= 0.6 is 0 Å². The van der Waals surface area contributed by atoms with Gasteiger partial charge in [0.2, 0.25) is 22.5 Å². The number of aromatic nitrogens is 2. The second-order valence-corrected chi connectivity index (χ2v) is 10.8. The SMILES string of the molecule is Cc1cccc(C)c1-c1cc2nc(n1)NS(=O)(=O)C(C)(/C=N\N)C(=O)N[C@H](CC(C)C)CO2. The summed E-state index contributed by atoms with van der Waals surface area (Å²) in [7, 11) is -4.39. The number of rotatable bonds is 4. The van der Waals surface area contributed by atoms with Gasteiger partial charge in [0.25, 0.3) is 10.0 Å². The average molecular weight is 475 g/mol. The number of hydrogen-bond acceptors (Lipinski definition) is 8. The minimum absolute atomic E-state index is 0.0997. The summed E-state index contributed by atoms with van der Waals surface area (Å²) in [4.78, 5) is 21.8. The Morgan fingerprint density at radius 2 is 1.97 bits per heavy atom. The molecule has 2 atom stereocenters. The standard InChI is InChI=1S/C22H30N6O4S/c1-13(2)9-16-11-32-18-10-17(19-14(3)7-6-8-15(19)4)26-21(27-18)28-33(30,31)22(5,12-24-23)20(29)25-16/h6-8,10,12-13,16H,9,11,23H2,1-5H3,(H,25,29)(H,26,27,28)/b24-12-/t16-,22?/m1/s1. The molecule has 10 nitrogen and oxygen atoms in total. The van der Waals surface area contributed by atoms with E-state index in [1.807, 2.05) is 45.9 Å². The largest absolute Gasteiger partial charge is 0.475 e. The van der Waals surface area contributed by atoms with E-state index in [1.165, 1.54) is 6.92 Å². The lowest BCUT2D eigenvalue weighted by atomic mass is 10.00. The third kappa shape index (κ3) is 5.08. The molecule has 2 heterocycles. The fourth-order valence-corrected chi connectivity index (χ4v) is 4.81. The molecule has 1 aromatic carbocycles. The third-order valence-electron chi connectivity index (χ3n) is 5.52. The highest BCUT2D eigenvalue weighted by molar-refractivity contribution is 7.95. The first-order chi connectivity index (χ1) is 15.5. The van der Waals surface area contributed by atoms with Gasteiger partial charge in [0.1, 0.15) is 6.61 Å². The molecule has 0 saturated carbocycles. The number of nitrogens with two attached hydrogens (primary N) is 1. The first-order valence-corrected chi connectivity index (χ1v) is 12.1. The number of nitrogens with one attached hydrogen (secondary N) is 2. The molecule has 1 amide bonds. The van der Waals surface area contributed by atoms with Crippen LogP contribution in [0.1, 0.15) is 38.3 Å².